The van der Waals surface area contributed by atoms with Crippen LogP contribution in [0.5, 0.6) is 172 Å². The first-order chi connectivity index (χ1) is 59.9. The molecule has 36 nitrogen and oxygen atoms in total. The Bertz CT molecular complexity index is 6550. The van der Waals surface area contributed by atoms with E-state index in [0.717, 1.165) is 115 Å². The third-order valence-electron chi connectivity index (χ3n) is 24.3. The second-order valence-electron chi connectivity index (χ2n) is 31.6. The molecule has 650 valence electrons. The second kappa shape index (κ2) is 29.6. The number of benzene rings is 12. The lowest BCUT2D eigenvalue weighted by Crippen LogP contribution is -2.40. The third-order valence-corrected chi connectivity index (χ3v) is 24.3. The van der Waals surface area contributed by atoms with Gasteiger partial charge in [0, 0.05) is 110 Å². The van der Waals surface area contributed by atoms with E-state index in [9.17, 15) is 153 Å². The molecule has 30 N–H and O–H groups in total. The number of fused-ring (bicyclic) bond motifs is 6. The van der Waals surface area contributed by atoms with Gasteiger partial charge in [0.25, 0.3) is 0 Å². The minimum atomic E-state index is -2.44. The van der Waals surface area contributed by atoms with Crippen LogP contribution in [0.15, 0.2) is 152 Å². The molecule has 0 radical (unpaired) electrons. The van der Waals surface area contributed by atoms with Gasteiger partial charge >= 0.3 is 0 Å². The number of hydrogen-bond acceptors (Lipinski definition) is 36. The van der Waals surface area contributed by atoms with Crippen molar-refractivity contribution < 1.29 is 182 Å². The summed E-state index contributed by atoms with van der Waals surface area (Å²) in [4.78, 5) is 0. The summed E-state index contributed by atoms with van der Waals surface area (Å²) in [6, 6.07) is 23.6. The van der Waals surface area contributed by atoms with Crippen LogP contribution in [0.1, 0.15) is 161 Å². The molecule has 0 saturated carbocycles. The van der Waals surface area contributed by atoms with Crippen LogP contribution in [0.25, 0.3) is 0 Å². The molecular formula is C90H74O36. The van der Waals surface area contributed by atoms with Gasteiger partial charge in [0.1, 0.15) is 140 Å². The Morgan fingerprint density at radius 1 is 0.183 bits per heavy atom. The molecule has 6 heterocycles. The van der Waals surface area contributed by atoms with Gasteiger partial charge in [-0.2, -0.15) is 0 Å². The zero-order chi connectivity index (χ0) is 89.6. The summed E-state index contributed by atoms with van der Waals surface area (Å²) >= 11 is 0. The highest BCUT2D eigenvalue weighted by molar-refractivity contribution is 5.77. The van der Waals surface area contributed by atoms with Gasteiger partial charge in [0.15, 0.2) is 99.5 Å². The summed E-state index contributed by atoms with van der Waals surface area (Å²) in [7, 11) is 0. The normalized spacial score (nSPS) is 24.3. The molecule has 18 rings (SSSR count). The number of phenols is 24. The molecule has 0 spiro atoms. The minimum absolute atomic E-state index is 0.00514. The third kappa shape index (κ3) is 12.6. The SMILES string of the molecule is Oc1cc(O)c2c(c1)OC(c1ccc(O)c(O)c1)C(O)C2c1c(O)cc(O)c2c1OC(c1ccc(O)c(O)c1)C(O)C2c1c(O)cc(O)c2c1OC(c1ccc(O)c(O)c1)C(O)C2c1c(O)cc(O)c2c1OC(c1ccc(O)c(O)c1)C(O)C2c1c(O)cc(O)c2c1OC(c1ccc(O)c(O)c1)C(O)C2c1c(O)cc(O)c2c1OC(c1ccc(O)c(O)c1)C(O)C2. The van der Waals surface area contributed by atoms with E-state index in [0.29, 0.717) is 24.3 Å². The number of ether oxygens (including phenoxy) is 6. The number of hydrogen-bond donors (Lipinski definition) is 30. The Labute approximate surface area is 706 Å². The summed E-state index contributed by atoms with van der Waals surface area (Å²) in [5.41, 5.74) is -8.39. The van der Waals surface area contributed by atoms with Gasteiger partial charge in [-0.3, -0.25) is 0 Å². The molecule has 126 heavy (non-hydrogen) atoms. The summed E-state index contributed by atoms with van der Waals surface area (Å²) in [5.74, 6) is -35.9. The van der Waals surface area contributed by atoms with Crippen LogP contribution in [-0.4, -0.2) is 190 Å². The van der Waals surface area contributed by atoms with Gasteiger partial charge in [-0.1, -0.05) is 36.4 Å². The van der Waals surface area contributed by atoms with Crippen LogP contribution in [-0.2, 0) is 6.42 Å². The van der Waals surface area contributed by atoms with Crippen molar-refractivity contribution >= 4 is 0 Å². The van der Waals surface area contributed by atoms with Gasteiger partial charge in [0.05, 0.1) is 35.7 Å². The fraction of sp³-hybridized carbons (Fsp3) is 0.200. The molecule has 36 heteroatoms. The van der Waals surface area contributed by atoms with Crippen LogP contribution >= 0.6 is 0 Å². The summed E-state index contributed by atoms with van der Waals surface area (Å²) < 4.78 is 39.9. The zero-order valence-electron chi connectivity index (χ0n) is 64.3. The van der Waals surface area contributed by atoms with Gasteiger partial charge in [0.2, 0.25) is 0 Å². The highest BCUT2D eigenvalue weighted by Gasteiger charge is 2.57. The molecular weight excluding hydrogens is 1660 g/mol. The fourth-order valence-electron chi connectivity index (χ4n) is 18.6. The van der Waals surface area contributed by atoms with E-state index in [1.807, 2.05) is 0 Å². The number of aliphatic hydroxyl groups excluding tert-OH is 6. The topological polar surface area (TPSA) is 662 Å². The molecule has 12 aromatic carbocycles. The lowest BCUT2D eigenvalue weighted by atomic mass is 9.70. The van der Waals surface area contributed by atoms with Crippen LogP contribution in [0.3, 0.4) is 0 Å². The molecule has 12 aromatic rings. The molecule has 0 aromatic heterocycles. The smallest absolute Gasteiger partial charge is 0.157 e. The first-order valence-corrected chi connectivity index (χ1v) is 38.6. The molecule has 0 amide bonds. The molecule has 0 saturated heterocycles. The van der Waals surface area contributed by atoms with Gasteiger partial charge in [-0.05, 0) is 106 Å². The van der Waals surface area contributed by atoms with Gasteiger partial charge in [-0.25, -0.2) is 0 Å². The summed E-state index contributed by atoms with van der Waals surface area (Å²) in [5, 5.41) is 360. The van der Waals surface area contributed by atoms with E-state index in [-0.39, 0.29) is 38.9 Å². The van der Waals surface area contributed by atoms with Crippen molar-refractivity contribution in [1.29, 1.82) is 0 Å². The van der Waals surface area contributed by atoms with Crippen molar-refractivity contribution in [3.05, 3.63) is 246 Å². The molecule has 17 unspecified atom stereocenters. The van der Waals surface area contributed by atoms with Gasteiger partial charge < -0.3 is 182 Å². The first kappa shape index (κ1) is 81.4. The van der Waals surface area contributed by atoms with Crippen molar-refractivity contribution in [3.63, 3.8) is 0 Å². The first-order valence-electron chi connectivity index (χ1n) is 38.6. The van der Waals surface area contributed by atoms with Crippen LogP contribution in [0.4, 0.5) is 0 Å². The maximum atomic E-state index is 13.7. The van der Waals surface area contributed by atoms with Crippen molar-refractivity contribution in [2.75, 3.05) is 0 Å². The van der Waals surface area contributed by atoms with Gasteiger partial charge in [-0.15, -0.1) is 0 Å². The average Bonchev–Trinajstić information content (AvgIpc) is 0.704. The minimum Gasteiger partial charge on any atom is -0.508 e. The molecule has 0 aliphatic carbocycles. The maximum absolute atomic E-state index is 13.7. The highest BCUT2D eigenvalue weighted by Crippen LogP contribution is 2.69. The molecule has 0 fully saturated rings. The summed E-state index contributed by atoms with van der Waals surface area (Å²) in [6.07, 6.45) is -25.3. The van der Waals surface area contributed by atoms with E-state index in [1.54, 1.807) is 0 Å². The molecule has 6 aliphatic rings. The van der Waals surface area contributed by atoms with Crippen molar-refractivity contribution in [1.82, 2.24) is 0 Å². The highest BCUT2D eigenvalue weighted by atomic mass is 16.5. The fourth-order valence-corrected chi connectivity index (χ4v) is 18.6. The quantitative estimate of drug-likeness (QED) is 0.0538. The predicted octanol–water partition coefficient (Wildman–Crippen LogP) is 8.79. The maximum Gasteiger partial charge on any atom is 0.157 e. The molecule has 17 atom stereocenters. The van der Waals surface area contributed by atoms with Crippen molar-refractivity contribution in [2.45, 2.75) is 109 Å². The number of phenolic OH excluding ortho intramolecular Hbond substituents is 24. The predicted molar refractivity (Wildman–Crippen MR) is 426 cm³/mol. The Kier molecular flexibility index (Phi) is 19.1. The lowest BCUT2D eigenvalue weighted by Gasteiger charge is -2.45. The molecule has 6 aliphatic heterocycles. The van der Waals surface area contributed by atoms with E-state index >= 15 is 0 Å². The van der Waals surface area contributed by atoms with E-state index in [4.69, 9.17) is 28.4 Å². The van der Waals surface area contributed by atoms with E-state index < -0.39 is 337 Å². The molecule has 0 bridgehead atoms. The Morgan fingerprint density at radius 2 is 0.389 bits per heavy atom. The Morgan fingerprint density at radius 3 is 0.643 bits per heavy atom. The number of rotatable bonds is 11. The largest absolute Gasteiger partial charge is 0.508 e. The summed E-state index contributed by atoms with van der Waals surface area (Å²) in [6.45, 7) is 0. The Balaban J connectivity index is 0.896. The average molecular weight is 1730 g/mol. The van der Waals surface area contributed by atoms with Crippen molar-refractivity contribution in [2.24, 2.45) is 0 Å². The second-order valence-corrected chi connectivity index (χ2v) is 31.6. The van der Waals surface area contributed by atoms with E-state index in [2.05, 4.69) is 0 Å². The van der Waals surface area contributed by atoms with Crippen LogP contribution < -0.4 is 28.4 Å². The number of aliphatic hydroxyl groups is 6. The monoisotopic (exact) mass is 1730 g/mol. The number of aromatic hydroxyl groups is 24. The van der Waals surface area contributed by atoms with E-state index in [1.165, 1.54) is 12.1 Å². The van der Waals surface area contributed by atoms with Crippen molar-refractivity contribution in [3.8, 4) is 172 Å². The van der Waals surface area contributed by atoms with Crippen LogP contribution in [0, 0.1) is 0 Å². The zero-order valence-corrected chi connectivity index (χ0v) is 64.3. The Hall–Kier alpha value is -15.6. The van der Waals surface area contributed by atoms with Crippen LogP contribution in [0.2, 0.25) is 0 Å². The standard InChI is InChI=1S/C90H74O36/c91-33-19-48(105)60-59(20-33)121-81(28-2-8-36(93)43(100)14-28)75(116)70(60)62-50(107)23-52(109)64-72(77(118)83(123-87(62)64)30-4-10-38(95)45(102)16-30)66-54(111)25-56(113)68-74(79(120)85(125-89(66)68)32-6-12-40(97)47(104)18-32)69-57(114)26-55(112)67-73(78(119)84(126-90(67)69)31-5-11-39(96)46(103)17-31)65-53(110)24-51(108)63-71(76(117)82(124-88(63)65)29-3-9-37(94)44(101)15-29)61-49(106)22-41(98)34-21-58(115)80(122-86(34)61)27-1-7-35(92)42(99)13-27/h1-20,22-26,58,70-85,91-120H,21H2. The lowest BCUT2D eigenvalue weighted by molar-refractivity contribution is -0.0110.